The van der Waals surface area contributed by atoms with Gasteiger partial charge in [0.05, 0.1) is 0 Å². The molecule has 3 heteroatoms. The van der Waals surface area contributed by atoms with Gasteiger partial charge in [-0.15, -0.1) is 11.3 Å². The lowest BCUT2D eigenvalue weighted by atomic mass is 9.82. The van der Waals surface area contributed by atoms with E-state index in [1.54, 1.807) is 11.3 Å². The van der Waals surface area contributed by atoms with E-state index in [0.29, 0.717) is 6.54 Å². The Morgan fingerprint density at radius 1 is 1.53 bits per heavy atom. The maximum atomic E-state index is 9.94. The first-order valence-corrected chi connectivity index (χ1v) is 7.56. The Kier molecular flexibility index (Phi) is 5.01. The highest BCUT2D eigenvalue weighted by atomic mass is 32.1. The SMILES string of the molecule is CC1CCCC(CNCC(O)c2cccs2)C1. The molecule has 0 aliphatic heterocycles. The van der Waals surface area contributed by atoms with Crippen molar-refractivity contribution in [2.75, 3.05) is 13.1 Å². The normalized spacial score (nSPS) is 26.9. The Morgan fingerprint density at radius 3 is 3.12 bits per heavy atom. The molecule has 1 saturated carbocycles. The molecule has 0 radical (unpaired) electrons. The van der Waals surface area contributed by atoms with Crippen LogP contribution in [0, 0.1) is 11.8 Å². The Morgan fingerprint density at radius 2 is 2.41 bits per heavy atom. The predicted octanol–water partition coefficient (Wildman–Crippen LogP) is 3.20. The summed E-state index contributed by atoms with van der Waals surface area (Å²) in [6.07, 6.45) is 5.14. The van der Waals surface area contributed by atoms with Gasteiger partial charge in [-0.2, -0.15) is 0 Å². The van der Waals surface area contributed by atoms with Crippen LogP contribution in [0.5, 0.6) is 0 Å². The summed E-state index contributed by atoms with van der Waals surface area (Å²) in [7, 11) is 0. The van der Waals surface area contributed by atoms with Crippen molar-refractivity contribution in [3.8, 4) is 0 Å². The topological polar surface area (TPSA) is 32.3 Å². The molecule has 0 aromatic carbocycles. The molecule has 3 atom stereocenters. The van der Waals surface area contributed by atoms with Crippen molar-refractivity contribution in [1.29, 1.82) is 0 Å². The number of aliphatic hydroxyl groups is 1. The van der Waals surface area contributed by atoms with Gasteiger partial charge in [-0.3, -0.25) is 0 Å². The second kappa shape index (κ2) is 6.53. The average molecular weight is 253 g/mol. The zero-order chi connectivity index (χ0) is 12.1. The van der Waals surface area contributed by atoms with Crippen LogP contribution in [0.1, 0.15) is 43.6 Å². The summed E-state index contributed by atoms with van der Waals surface area (Å²) in [6, 6.07) is 3.99. The van der Waals surface area contributed by atoms with E-state index in [2.05, 4.69) is 12.2 Å². The van der Waals surface area contributed by atoms with E-state index in [9.17, 15) is 5.11 Å². The first-order valence-electron chi connectivity index (χ1n) is 6.68. The highest BCUT2D eigenvalue weighted by Gasteiger charge is 2.18. The first kappa shape index (κ1) is 13.1. The molecule has 2 rings (SSSR count). The summed E-state index contributed by atoms with van der Waals surface area (Å²) in [4.78, 5) is 1.06. The molecule has 2 nitrogen and oxygen atoms in total. The molecule has 96 valence electrons. The van der Waals surface area contributed by atoms with Gasteiger partial charge in [0.25, 0.3) is 0 Å². The highest BCUT2D eigenvalue weighted by Crippen LogP contribution is 2.28. The van der Waals surface area contributed by atoms with Crippen molar-refractivity contribution in [2.24, 2.45) is 11.8 Å². The molecule has 2 N–H and O–H groups in total. The van der Waals surface area contributed by atoms with Gasteiger partial charge in [0.2, 0.25) is 0 Å². The van der Waals surface area contributed by atoms with Gasteiger partial charge < -0.3 is 10.4 Å². The Bertz CT molecular complexity index is 312. The van der Waals surface area contributed by atoms with Crippen LogP contribution in [0.15, 0.2) is 17.5 Å². The lowest BCUT2D eigenvalue weighted by molar-refractivity contribution is 0.172. The second-order valence-corrected chi connectivity index (χ2v) is 6.31. The molecule has 3 unspecified atom stereocenters. The fourth-order valence-electron chi connectivity index (χ4n) is 2.75. The largest absolute Gasteiger partial charge is 0.386 e. The summed E-state index contributed by atoms with van der Waals surface area (Å²) >= 11 is 1.63. The fraction of sp³-hybridized carbons (Fsp3) is 0.714. The Hall–Kier alpha value is -0.380. The van der Waals surface area contributed by atoms with E-state index in [-0.39, 0.29) is 6.10 Å². The van der Waals surface area contributed by atoms with Gasteiger partial charge in [-0.1, -0.05) is 25.8 Å². The van der Waals surface area contributed by atoms with E-state index in [1.807, 2.05) is 17.5 Å². The quantitative estimate of drug-likeness (QED) is 0.844. The minimum atomic E-state index is -0.337. The van der Waals surface area contributed by atoms with Gasteiger partial charge in [-0.25, -0.2) is 0 Å². The van der Waals surface area contributed by atoms with Crippen LogP contribution in [-0.2, 0) is 0 Å². The van der Waals surface area contributed by atoms with Crippen molar-refractivity contribution >= 4 is 11.3 Å². The minimum Gasteiger partial charge on any atom is -0.386 e. The molecule has 1 aliphatic rings. The van der Waals surface area contributed by atoms with Crippen LogP contribution in [0.25, 0.3) is 0 Å². The summed E-state index contributed by atoms with van der Waals surface area (Å²) in [5.74, 6) is 1.70. The van der Waals surface area contributed by atoms with Crippen LogP contribution in [0.2, 0.25) is 0 Å². The van der Waals surface area contributed by atoms with Crippen LogP contribution in [0.3, 0.4) is 0 Å². The predicted molar refractivity (Wildman–Crippen MR) is 73.3 cm³/mol. The van der Waals surface area contributed by atoms with Gasteiger partial charge >= 0.3 is 0 Å². The zero-order valence-electron chi connectivity index (χ0n) is 10.6. The molecule has 0 spiro atoms. The molecule has 1 aromatic heterocycles. The standard InChI is InChI=1S/C14H23NOS/c1-11-4-2-5-12(8-11)9-15-10-13(16)14-6-3-7-17-14/h3,6-7,11-13,15-16H,2,4-5,8-10H2,1H3. The molecule has 1 aromatic rings. The molecule has 1 fully saturated rings. The third kappa shape index (κ3) is 4.09. The number of nitrogens with one attached hydrogen (secondary N) is 1. The summed E-state index contributed by atoms with van der Waals surface area (Å²) < 4.78 is 0. The third-order valence-corrected chi connectivity index (χ3v) is 4.66. The molecule has 0 bridgehead atoms. The Balaban J connectivity index is 1.65. The van der Waals surface area contributed by atoms with Gasteiger partial charge in [0.1, 0.15) is 6.10 Å². The monoisotopic (exact) mass is 253 g/mol. The number of hydrogen-bond acceptors (Lipinski definition) is 3. The van der Waals surface area contributed by atoms with Crippen molar-refractivity contribution in [2.45, 2.75) is 38.7 Å². The first-order chi connectivity index (χ1) is 8.25. The van der Waals surface area contributed by atoms with Crippen molar-refractivity contribution in [1.82, 2.24) is 5.32 Å². The van der Waals surface area contributed by atoms with E-state index in [0.717, 1.165) is 23.3 Å². The van der Waals surface area contributed by atoms with Crippen LogP contribution in [0.4, 0.5) is 0 Å². The van der Waals surface area contributed by atoms with Gasteiger partial charge in [-0.05, 0) is 42.7 Å². The summed E-state index contributed by atoms with van der Waals surface area (Å²) in [5, 5.41) is 15.4. The third-order valence-electron chi connectivity index (χ3n) is 3.69. The van der Waals surface area contributed by atoms with Crippen LogP contribution >= 0.6 is 11.3 Å². The number of hydrogen-bond donors (Lipinski definition) is 2. The molecule has 0 saturated heterocycles. The Labute approximate surface area is 108 Å². The number of thiophene rings is 1. The lowest BCUT2D eigenvalue weighted by Crippen LogP contribution is -2.29. The zero-order valence-corrected chi connectivity index (χ0v) is 11.4. The smallest absolute Gasteiger partial charge is 0.101 e. The molecule has 17 heavy (non-hydrogen) atoms. The molecule has 1 heterocycles. The number of rotatable bonds is 5. The second-order valence-electron chi connectivity index (χ2n) is 5.33. The average Bonchev–Trinajstić information content (AvgIpc) is 2.82. The lowest BCUT2D eigenvalue weighted by Gasteiger charge is -2.27. The maximum absolute atomic E-state index is 9.94. The van der Waals surface area contributed by atoms with Gasteiger partial charge in [0, 0.05) is 11.4 Å². The molecular formula is C14H23NOS. The van der Waals surface area contributed by atoms with Crippen molar-refractivity contribution in [3.63, 3.8) is 0 Å². The molecule has 1 aliphatic carbocycles. The molecular weight excluding hydrogens is 230 g/mol. The van der Waals surface area contributed by atoms with Gasteiger partial charge in [0.15, 0.2) is 0 Å². The fourth-order valence-corrected chi connectivity index (χ4v) is 3.46. The minimum absolute atomic E-state index is 0.337. The van der Waals surface area contributed by atoms with Crippen LogP contribution in [-0.4, -0.2) is 18.2 Å². The van der Waals surface area contributed by atoms with E-state index < -0.39 is 0 Å². The van der Waals surface area contributed by atoms with E-state index >= 15 is 0 Å². The van der Waals surface area contributed by atoms with Crippen LogP contribution < -0.4 is 5.32 Å². The molecule has 0 amide bonds. The maximum Gasteiger partial charge on any atom is 0.101 e. The highest BCUT2D eigenvalue weighted by molar-refractivity contribution is 7.10. The van der Waals surface area contributed by atoms with E-state index in [4.69, 9.17) is 0 Å². The summed E-state index contributed by atoms with van der Waals surface area (Å²) in [6.45, 7) is 4.10. The van der Waals surface area contributed by atoms with E-state index in [1.165, 1.54) is 25.7 Å². The van der Waals surface area contributed by atoms with Crippen molar-refractivity contribution in [3.05, 3.63) is 22.4 Å². The van der Waals surface area contributed by atoms with Crippen molar-refractivity contribution < 1.29 is 5.11 Å². The summed E-state index contributed by atoms with van der Waals surface area (Å²) in [5.41, 5.74) is 0. The number of aliphatic hydroxyl groups excluding tert-OH is 1.